The fourth-order valence-electron chi connectivity index (χ4n) is 1.77. The van der Waals surface area contributed by atoms with E-state index in [9.17, 15) is 8.42 Å². The van der Waals surface area contributed by atoms with E-state index in [0.717, 1.165) is 16.8 Å². The van der Waals surface area contributed by atoms with E-state index in [4.69, 9.17) is 0 Å². The Morgan fingerprint density at radius 2 is 2.05 bits per heavy atom. The van der Waals surface area contributed by atoms with Crippen molar-refractivity contribution in [1.82, 2.24) is 10.3 Å². The molecule has 1 heterocycles. The lowest BCUT2D eigenvalue weighted by molar-refractivity contribution is 0.601. The monoisotopic (exact) mass is 311 g/mol. The van der Waals surface area contributed by atoms with E-state index in [1.165, 1.54) is 11.3 Å². The number of nitrogens with one attached hydrogen (secondary N) is 2. The quantitative estimate of drug-likeness (QED) is 0.888. The van der Waals surface area contributed by atoms with Gasteiger partial charge in [0.1, 0.15) is 0 Å². The predicted octanol–water partition coefficient (Wildman–Crippen LogP) is 2.28. The van der Waals surface area contributed by atoms with Crippen LogP contribution >= 0.6 is 11.3 Å². The van der Waals surface area contributed by atoms with Crippen molar-refractivity contribution in [3.8, 4) is 0 Å². The first-order valence-electron chi connectivity index (χ1n) is 6.11. The second-order valence-electron chi connectivity index (χ2n) is 4.52. The number of hydrogen-bond acceptors (Lipinski definition) is 5. The number of hydrogen-bond donors (Lipinski definition) is 2. The molecule has 0 bridgehead atoms. The molecular formula is C13H17N3O2S2. The zero-order chi connectivity index (χ0) is 14.8. The Morgan fingerprint density at radius 3 is 2.65 bits per heavy atom. The molecule has 1 aromatic carbocycles. The van der Waals surface area contributed by atoms with Crippen molar-refractivity contribution in [1.29, 1.82) is 0 Å². The Morgan fingerprint density at radius 1 is 1.30 bits per heavy atom. The lowest BCUT2D eigenvalue weighted by Gasteiger charge is -2.09. The molecule has 20 heavy (non-hydrogen) atoms. The zero-order valence-electron chi connectivity index (χ0n) is 11.6. The van der Waals surface area contributed by atoms with Crippen LogP contribution in [0.25, 0.3) is 0 Å². The lowest BCUT2D eigenvalue weighted by atomic mass is 10.1. The van der Waals surface area contributed by atoms with Crippen LogP contribution in [0.5, 0.6) is 0 Å². The van der Waals surface area contributed by atoms with Gasteiger partial charge in [-0.2, -0.15) is 0 Å². The first kappa shape index (κ1) is 15.0. The number of aryl methyl sites for hydroxylation is 2. The number of aromatic nitrogens is 1. The van der Waals surface area contributed by atoms with Gasteiger partial charge in [-0.15, -0.1) is 11.3 Å². The number of sulfonamides is 1. The van der Waals surface area contributed by atoms with Crippen LogP contribution in [0.15, 0.2) is 28.5 Å². The highest BCUT2D eigenvalue weighted by Crippen LogP contribution is 2.21. The van der Waals surface area contributed by atoms with Crippen molar-refractivity contribution in [3.63, 3.8) is 0 Å². The van der Waals surface area contributed by atoms with Crippen molar-refractivity contribution < 1.29 is 8.42 Å². The van der Waals surface area contributed by atoms with Gasteiger partial charge in [-0.05, 0) is 44.2 Å². The van der Waals surface area contributed by atoms with E-state index in [0.29, 0.717) is 11.7 Å². The van der Waals surface area contributed by atoms with Crippen LogP contribution < -0.4 is 10.0 Å². The third-order valence-electron chi connectivity index (χ3n) is 2.84. The van der Waals surface area contributed by atoms with Crippen molar-refractivity contribution in [2.45, 2.75) is 25.3 Å². The number of anilines is 1. The summed E-state index contributed by atoms with van der Waals surface area (Å²) in [5.74, 6) is 0. The largest absolute Gasteiger partial charge is 0.316 e. The van der Waals surface area contributed by atoms with Gasteiger partial charge in [0.2, 0.25) is 0 Å². The zero-order valence-corrected chi connectivity index (χ0v) is 13.2. The summed E-state index contributed by atoms with van der Waals surface area (Å²) >= 11 is 1.27. The molecule has 0 saturated carbocycles. The van der Waals surface area contributed by atoms with E-state index in [-0.39, 0.29) is 4.90 Å². The molecule has 2 N–H and O–H groups in total. The standard InChI is InChI=1S/C13H17N3O2S2/c1-9-4-5-12(6-11(9)7-14-3)20(17,18)16-13-15-10(2)8-19-13/h4-6,8,14H,7H2,1-3H3,(H,15,16). The maximum absolute atomic E-state index is 12.3. The van der Waals surface area contributed by atoms with Gasteiger partial charge in [0, 0.05) is 11.9 Å². The van der Waals surface area contributed by atoms with E-state index < -0.39 is 10.0 Å². The van der Waals surface area contributed by atoms with E-state index >= 15 is 0 Å². The Balaban J connectivity index is 2.31. The molecule has 2 aromatic rings. The van der Waals surface area contributed by atoms with E-state index in [1.807, 2.05) is 27.0 Å². The Bertz CT molecular complexity index is 708. The summed E-state index contributed by atoms with van der Waals surface area (Å²) in [5, 5.41) is 5.22. The summed E-state index contributed by atoms with van der Waals surface area (Å²) in [7, 11) is -1.76. The van der Waals surface area contributed by atoms with Crippen LogP contribution in [0.3, 0.4) is 0 Å². The van der Waals surface area contributed by atoms with Gasteiger partial charge in [0.15, 0.2) is 5.13 Å². The Hall–Kier alpha value is -1.44. The topological polar surface area (TPSA) is 71.1 Å². The minimum atomic E-state index is -3.59. The van der Waals surface area contributed by atoms with Gasteiger partial charge in [-0.25, -0.2) is 13.4 Å². The summed E-state index contributed by atoms with van der Waals surface area (Å²) in [5.41, 5.74) is 2.82. The molecule has 5 nitrogen and oxygen atoms in total. The molecule has 108 valence electrons. The highest BCUT2D eigenvalue weighted by Gasteiger charge is 2.17. The molecule has 0 amide bonds. The molecule has 1 aromatic heterocycles. The van der Waals surface area contributed by atoms with Crippen LogP contribution in [0.4, 0.5) is 5.13 Å². The SMILES string of the molecule is CNCc1cc(S(=O)(=O)Nc2nc(C)cs2)ccc1C. The van der Waals surface area contributed by atoms with Gasteiger partial charge in [0.25, 0.3) is 10.0 Å². The second-order valence-corrected chi connectivity index (χ2v) is 7.06. The summed E-state index contributed by atoms with van der Waals surface area (Å²) in [6.45, 7) is 4.41. The highest BCUT2D eigenvalue weighted by atomic mass is 32.2. The van der Waals surface area contributed by atoms with E-state index in [1.54, 1.807) is 17.5 Å². The summed E-state index contributed by atoms with van der Waals surface area (Å²) < 4.78 is 27.1. The number of rotatable bonds is 5. The van der Waals surface area contributed by atoms with Gasteiger partial charge in [0.05, 0.1) is 10.6 Å². The van der Waals surface area contributed by atoms with E-state index in [2.05, 4.69) is 15.0 Å². The van der Waals surface area contributed by atoms with Crippen LogP contribution in [0.2, 0.25) is 0 Å². The van der Waals surface area contributed by atoms with Crippen LogP contribution in [-0.2, 0) is 16.6 Å². The van der Waals surface area contributed by atoms with Crippen molar-refractivity contribution in [3.05, 3.63) is 40.4 Å². The molecule has 0 aliphatic rings. The van der Waals surface area contributed by atoms with Gasteiger partial charge in [-0.1, -0.05) is 6.07 Å². The molecule has 2 rings (SSSR count). The number of thiazole rings is 1. The van der Waals surface area contributed by atoms with Crippen molar-refractivity contribution >= 4 is 26.5 Å². The van der Waals surface area contributed by atoms with Gasteiger partial charge in [-0.3, -0.25) is 4.72 Å². The predicted molar refractivity (Wildman–Crippen MR) is 81.6 cm³/mol. The minimum Gasteiger partial charge on any atom is -0.316 e. The molecule has 0 spiro atoms. The van der Waals surface area contributed by atoms with Crippen LogP contribution in [0.1, 0.15) is 16.8 Å². The third kappa shape index (κ3) is 3.36. The number of nitrogens with zero attached hydrogens (tertiary/aromatic N) is 1. The van der Waals surface area contributed by atoms with Crippen molar-refractivity contribution in [2.24, 2.45) is 0 Å². The lowest BCUT2D eigenvalue weighted by Crippen LogP contribution is -2.14. The molecule has 0 aliphatic carbocycles. The smallest absolute Gasteiger partial charge is 0.263 e. The fourth-order valence-corrected chi connectivity index (χ4v) is 3.76. The minimum absolute atomic E-state index is 0.251. The molecule has 0 unspecified atom stereocenters. The average Bonchev–Trinajstić information content (AvgIpc) is 2.77. The number of benzene rings is 1. The van der Waals surface area contributed by atoms with Gasteiger partial charge >= 0.3 is 0 Å². The molecule has 0 radical (unpaired) electrons. The normalized spacial score (nSPS) is 11.6. The molecular weight excluding hydrogens is 294 g/mol. The van der Waals surface area contributed by atoms with Crippen LogP contribution in [0, 0.1) is 13.8 Å². The average molecular weight is 311 g/mol. The second kappa shape index (κ2) is 5.90. The summed E-state index contributed by atoms with van der Waals surface area (Å²) in [6.07, 6.45) is 0. The molecule has 0 atom stereocenters. The maximum atomic E-state index is 12.3. The van der Waals surface area contributed by atoms with Gasteiger partial charge < -0.3 is 5.32 Å². The Kier molecular flexibility index (Phi) is 4.42. The summed E-state index contributed by atoms with van der Waals surface area (Å²) in [4.78, 5) is 4.36. The summed E-state index contributed by atoms with van der Waals surface area (Å²) in [6, 6.07) is 5.11. The third-order valence-corrected chi connectivity index (χ3v) is 5.18. The van der Waals surface area contributed by atoms with Crippen LogP contribution in [-0.4, -0.2) is 20.4 Å². The molecule has 0 aliphatic heterocycles. The molecule has 0 fully saturated rings. The first-order valence-corrected chi connectivity index (χ1v) is 8.48. The Labute approximate surface area is 123 Å². The highest BCUT2D eigenvalue weighted by molar-refractivity contribution is 7.93. The molecule has 0 saturated heterocycles. The van der Waals surface area contributed by atoms with Crippen molar-refractivity contribution in [2.75, 3.05) is 11.8 Å². The first-order chi connectivity index (χ1) is 9.42. The molecule has 7 heteroatoms. The maximum Gasteiger partial charge on any atom is 0.263 e. The fraction of sp³-hybridized carbons (Fsp3) is 0.308.